The van der Waals surface area contributed by atoms with Crippen LogP contribution in [0.1, 0.15) is 82.3 Å². The number of aromatic amines is 1. The van der Waals surface area contributed by atoms with E-state index in [1.165, 1.54) is 32.6 Å². The molecule has 1 aliphatic heterocycles. The summed E-state index contributed by atoms with van der Waals surface area (Å²) in [5.74, 6) is 1.59. The Balaban J connectivity index is 0.00000320. The second kappa shape index (κ2) is 8.61. The fourth-order valence-corrected chi connectivity index (χ4v) is 7.33. The van der Waals surface area contributed by atoms with Crippen molar-refractivity contribution in [2.45, 2.75) is 78.7 Å². The zero-order valence-electron chi connectivity index (χ0n) is 22.4. The van der Waals surface area contributed by atoms with Gasteiger partial charge in [-0.05, 0) is 82.1 Å². The van der Waals surface area contributed by atoms with E-state index < -0.39 is 5.60 Å². The highest BCUT2D eigenvalue weighted by atomic mass is 32.1. The summed E-state index contributed by atoms with van der Waals surface area (Å²) < 4.78 is 5.54. The summed E-state index contributed by atoms with van der Waals surface area (Å²) in [5.41, 5.74) is 11.3. The highest BCUT2D eigenvalue weighted by Gasteiger charge is 2.55. The first-order chi connectivity index (χ1) is 16.9. The maximum atomic E-state index is 12.4. The minimum Gasteiger partial charge on any atom is -0.444 e. The fourth-order valence-electron chi connectivity index (χ4n) is 6.00. The van der Waals surface area contributed by atoms with E-state index in [1.54, 1.807) is 0 Å². The second-order valence-electron chi connectivity index (χ2n) is 11.9. The third-order valence-electron chi connectivity index (χ3n) is 7.51. The van der Waals surface area contributed by atoms with Crippen LogP contribution in [0.2, 0.25) is 0 Å². The zero-order chi connectivity index (χ0) is 26.0. The number of aryl methyl sites for hydroxylation is 2. The lowest BCUT2D eigenvalue weighted by atomic mass is 9.57. The third kappa shape index (κ3) is 4.19. The van der Waals surface area contributed by atoms with Crippen LogP contribution in [-0.2, 0) is 4.74 Å². The number of carbonyl (C=O) groups is 1. The number of aliphatic imine (C=N–C) groups is 1. The lowest BCUT2D eigenvalue weighted by Crippen LogP contribution is -2.63. The number of ether oxygens (including phenoxy) is 1. The van der Waals surface area contributed by atoms with E-state index >= 15 is 0 Å². The van der Waals surface area contributed by atoms with Crippen molar-refractivity contribution in [2.24, 2.45) is 16.1 Å². The standard InChI is InChI=1S/C28H37N5O2S.H2/c1-15(2)20-21-17(4)23(19-9-28(10-19)12-33(13-28)26(34)35-27(5,6)7)36-25(21)32-22(20)18-8-16(3)24(30-11-18)31-14-29;/h8,11,14-15,19,32H,9-10,12-13H2,1-7H3,(H2,29,30,31);1H. The fraction of sp³-hybridized carbons (Fsp3) is 0.536. The number of amides is 1. The summed E-state index contributed by atoms with van der Waals surface area (Å²) in [7, 11) is 0. The molecule has 8 heteroatoms. The quantitative estimate of drug-likeness (QED) is 0.292. The number of hydrogen-bond donors (Lipinski definition) is 2. The monoisotopic (exact) mass is 509 g/mol. The summed E-state index contributed by atoms with van der Waals surface area (Å²) >= 11 is 1.90. The highest BCUT2D eigenvalue weighted by molar-refractivity contribution is 7.19. The van der Waals surface area contributed by atoms with Gasteiger partial charge in [-0.15, -0.1) is 11.3 Å². The molecule has 3 aromatic rings. The average Bonchev–Trinajstić information content (AvgIpc) is 3.23. The lowest BCUT2D eigenvalue weighted by Gasteiger charge is -2.58. The van der Waals surface area contributed by atoms with Gasteiger partial charge in [0.15, 0.2) is 5.82 Å². The van der Waals surface area contributed by atoms with Gasteiger partial charge in [-0.25, -0.2) is 14.8 Å². The van der Waals surface area contributed by atoms with E-state index in [0.29, 0.717) is 17.7 Å². The van der Waals surface area contributed by atoms with Crippen molar-refractivity contribution in [3.8, 4) is 11.3 Å². The predicted molar refractivity (Wildman–Crippen MR) is 150 cm³/mol. The molecular weight excluding hydrogens is 470 g/mol. The van der Waals surface area contributed by atoms with Gasteiger partial charge in [-0.1, -0.05) is 13.8 Å². The molecule has 4 heterocycles. The van der Waals surface area contributed by atoms with Crippen LogP contribution in [0.4, 0.5) is 10.6 Å². The maximum absolute atomic E-state index is 12.4. The number of nitrogens with zero attached hydrogens (tertiary/aromatic N) is 3. The Hall–Kier alpha value is -2.87. The van der Waals surface area contributed by atoms with Crippen LogP contribution < -0.4 is 5.73 Å². The van der Waals surface area contributed by atoms with Crippen molar-refractivity contribution in [3.05, 3.63) is 33.8 Å². The van der Waals surface area contributed by atoms with Gasteiger partial charge < -0.3 is 20.4 Å². The average molecular weight is 510 g/mol. The number of nitrogens with two attached hydrogens (primary N) is 1. The summed E-state index contributed by atoms with van der Waals surface area (Å²) in [6, 6.07) is 2.13. The minimum atomic E-state index is -0.445. The molecule has 36 heavy (non-hydrogen) atoms. The van der Waals surface area contributed by atoms with Crippen LogP contribution in [0.5, 0.6) is 0 Å². The number of pyridine rings is 1. The molecule has 7 nitrogen and oxygen atoms in total. The van der Waals surface area contributed by atoms with Gasteiger partial charge >= 0.3 is 6.09 Å². The van der Waals surface area contributed by atoms with Gasteiger partial charge in [0.25, 0.3) is 0 Å². The van der Waals surface area contributed by atoms with Gasteiger partial charge in [0, 0.05) is 42.0 Å². The van der Waals surface area contributed by atoms with Crippen molar-refractivity contribution in [3.63, 3.8) is 0 Å². The molecule has 0 radical (unpaired) electrons. The Kier molecular flexibility index (Phi) is 5.93. The maximum Gasteiger partial charge on any atom is 0.410 e. The first-order valence-electron chi connectivity index (χ1n) is 12.8. The molecule has 1 aliphatic carbocycles. The van der Waals surface area contributed by atoms with E-state index in [0.717, 1.165) is 42.8 Å². The summed E-state index contributed by atoms with van der Waals surface area (Å²) in [4.78, 5) is 29.4. The van der Waals surface area contributed by atoms with Crippen LogP contribution in [0.25, 0.3) is 21.5 Å². The van der Waals surface area contributed by atoms with Crippen molar-refractivity contribution in [1.29, 1.82) is 0 Å². The van der Waals surface area contributed by atoms with E-state index in [2.05, 4.69) is 41.8 Å². The topological polar surface area (TPSA) is 96.6 Å². The number of fused-ring (bicyclic) bond motifs is 1. The Morgan fingerprint density at radius 1 is 1.36 bits per heavy atom. The van der Waals surface area contributed by atoms with E-state index in [1.807, 2.05) is 50.1 Å². The van der Waals surface area contributed by atoms with Gasteiger partial charge in [-0.2, -0.15) is 0 Å². The molecule has 1 spiro atoms. The largest absolute Gasteiger partial charge is 0.444 e. The molecule has 1 saturated carbocycles. The SMILES string of the molecule is Cc1cc(-c2[nH]c3sc(C4CC5(C4)CN(C(=O)OC(C)(C)C)C5)c(C)c3c2C(C)C)cnc1N=CN.[HH]. The molecule has 194 valence electrons. The minimum absolute atomic E-state index is 0. The van der Waals surface area contributed by atoms with Crippen molar-refractivity contribution < 1.29 is 11.0 Å². The first kappa shape index (κ1) is 24.8. The molecule has 3 N–H and O–H groups in total. The molecule has 1 amide bonds. The highest BCUT2D eigenvalue weighted by Crippen LogP contribution is 2.59. The normalized spacial score (nSPS) is 17.8. The van der Waals surface area contributed by atoms with Crippen LogP contribution >= 0.6 is 11.3 Å². The van der Waals surface area contributed by atoms with E-state index in [9.17, 15) is 4.79 Å². The molecule has 3 aromatic heterocycles. The smallest absolute Gasteiger partial charge is 0.410 e. The van der Waals surface area contributed by atoms with E-state index in [-0.39, 0.29) is 12.9 Å². The van der Waals surface area contributed by atoms with Crippen LogP contribution in [-0.4, -0.2) is 46.0 Å². The summed E-state index contributed by atoms with van der Waals surface area (Å²) in [5, 5.41) is 1.37. The van der Waals surface area contributed by atoms with E-state index in [4.69, 9.17) is 10.5 Å². The number of nitrogens with one attached hydrogen (secondary N) is 1. The predicted octanol–water partition coefficient (Wildman–Crippen LogP) is 7.01. The molecule has 0 atom stereocenters. The number of hydrogen-bond acceptors (Lipinski definition) is 5. The number of rotatable bonds is 4. The van der Waals surface area contributed by atoms with Gasteiger partial charge in [0.2, 0.25) is 0 Å². The van der Waals surface area contributed by atoms with Crippen LogP contribution in [0.15, 0.2) is 17.3 Å². The Morgan fingerprint density at radius 3 is 2.64 bits per heavy atom. The second-order valence-corrected chi connectivity index (χ2v) is 13.0. The molecule has 2 aliphatic rings. The Labute approximate surface area is 218 Å². The first-order valence-corrected chi connectivity index (χ1v) is 13.6. The molecular formula is C28H39N5O2S. The summed E-state index contributed by atoms with van der Waals surface area (Å²) in [6.07, 6.45) is 5.28. The number of likely N-dealkylation sites (tertiary alicyclic amines) is 1. The summed E-state index contributed by atoms with van der Waals surface area (Å²) in [6.45, 7) is 16.2. The molecule has 2 fully saturated rings. The van der Waals surface area contributed by atoms with Gasteiger partial charge in [0.1, 0.15) is 10.4 Å². The Bertz CT molecular complexity index is 1350. The van der Waals surface area contributed by atoms with Crippen molar-refractivity contribution in [1.82, 2.24) is 14.9 Å². The van der Waals surface area contributed by atoms with Gasteiger partial charge in [-0.3, -0.25) is 0 Å². The molecule has 1 saturated heterocycles. The Morgan fingerprint density at radius 2 is 2.06 bits per heavy atom. The number of H-pyrrole nitrogens is 1. The number of aromatic nitrogens is 2. The number of thiophene rings is 1. The zero-order valence-corrected chi connectivity index (χ0v) is 23.2. The molecule has 0 bridgehead atoms. The third-order valence-corrected chi connectivity index (χ3v) is 8.88. The van der Waals surface area contributed by atoms with Crippen LogP contribution in [0, 0.1) is 19.3 Å². The van der Waals surface area contributed by atoms with Crippen LogP contribution in [0.3, 0.4) is 0 Å². The molecule has 0 aromatic carbocycles. The molecule has 0 unspecified atom stereocenters. The molecule has 5 rings (SSSR count). The lowest BCUT2D eigenvalue weighted by molar-refractivity contribution is -0.0781. The number of carbonyl (C=O) groups excluding carboxylic acids is 1. The van der Waals surface area contributed by atoms with Crippen molar-refractivity contribution in [2.75, 3.05) is 13.1 Å². The van der Waals surface area contributed by atoms with Crippen molar-refractivity contribution >= 4 is 39.8 Å². The van der Waals surface area contributed by atoms with Gasteiger partial charge in [0.05, 0.1) is 12.0 Å².